The first-order chi connectivity index (χ1) is 14.5. The SMILES string of the molecule is Cc1ccc(S(=O)(=O)O)c(/N=C(/c2cc(F)ccc2NC(=O)OC(C)(C)C)C(F)(F)F)c1. The maximum absolute atomic E-state index is 13.9. The van der Waals surface area contributed by atoms with Gasteiger partial charge in [0.1, 0.15) is 16.3 Å². The van der Waals surface area contributed by atoms with Gasteiger partial charge in [0.25, 0.3) is 10.1 Å². The topological polar surface area (TPSA) is 105 Å². The van der Waals surface area contributed by atoms with Crippen LogP contribution < -0.4 is 5.32 Å². The molecule has 0 fully saturated rings. The smallest absolute Gasteiger partial charge is 0.434 e. The molecule has 174 valence electrons. The lowest BCUT2D eigenvalue weighted by atomic mass is 10.1. The van der Waals surface area contributed by atoms with E-state index in [1.54, 1.807) is 0 Å². The van der Waals surface area contributed by atoms with Crippen LogP contribution >= 0.6 is 0 Å². The van der Waals surface area contributed by atoms with Gasteiger partial charge in [0, 0.05) is 5.56 Å². The van der Waals surface area contributed by atoms with Gasteiger partial charge in [-0.2, -0.15) is 21.6 Å². The lowest BCUT2D eigenvalue weighted by molar-refractivity contribution is -0.0580. The molecule has 0 aromatic heterocycles. The molecule has 0 unspecified atom stereocenters. The Kier molecular flexibility index (Phi) is 7.00. The number of nitrogens with one attached hydrogen (secondary N) is 1. The molecule has 0 bridgehead atoms. The zero-order valence-electron chi connectivity index (χ0n) is 17.4. The van der Waals surface area contributed by atoms with E-state index in [1.165, 1.54) is 33.8 Å². The summed E-state index contributed by atoms with van der Waals surface area (Å²) >= 11 is 0. The lowest BCUT2D eigenvalue weighted by Crippen LogP contribution is -2.29. The van der Waals surface area contributed by atoms with E-state index in [2.05, 4.69) is 10.3 Å². The van der Waals surface area contributed by atoms with Crippen LogP contribution in [0.1, 0.15) is 31.9 Å². The molecular formula is C20H20F4N2O5S. The Morgan fingerprint density at radius 2 is 1.72 bits per heavy atom. The summed E-state index contributed by atoms with van der Waals surface area (Å²) in [4.78, 5) is 14.6. The number of carbonyl (C=O) groups excluding carboxylic acids is 1. The highest BCUT2D eigenvalue weighted by Gasteiger charge is 2.39. The number of ether oxygens (including phenoxy) is 1. The van der Waals surface area contributed by atoms with Gasteiger partial charge in [-0.25, -0.2) is 14.2 Å². The molecule has 0 spiro atoms. The van der Waals surface area contributed by atoms with Crippen LogP contribution in [0.4, 0.5) is 33.7 Å². The van der Waals surface area contributed by atoms with Crippen molar-refractivity contribution < 1.29 is 40.1 Å². The minimum absolute atomic E-state index is 0.351. The van der Waals surface area contributed by atoms with Crippen molar-refractivity contribution in [2.24, 2.45) is 4.99 Å². The summed E-state index contributed by atoms with van der Waals surface area (Å²) in [5, 5.41) is 2.11. The number of aryl methyl sites for hydroxylation is 1. The van der Waals surface area contributed by atoms with Gasteiger partial charge in [-0.05, 0) is 63.6 Å². The van der Waals surface area contributed by atoms with E-state index < -0.39 is 61.4 Å². The molecule has 12 heteroatoms. The van der Waals surface area contributed by atoms with E-state index in [0.29, 0.717) is 11.6 Å². The number of carbonyl (C=O) groups is 1. The van der Waals surface area contributed by atoms with Gasteiger partial charge >= 0.3 is 12.3 Å². The van der Waals surface area contributed by atoms with Crippen LogP contribution in [-0.2, 0) is 14.9 Å². The van der Waals surface area contributed by atoms with E-state index in [4.69, 9.17) is 4.74 Å². The Balaban J connectivity index is 2.73. The van der Waals surface area contributed by atoms with Gasteiger partial charge in [0.15, 0.2) is 5.71 Å². The molecule has 0 aliphatic rings. The molecule has 7 nitrogen and oxygen atoms in total. The number of benzene rings is 2. The first-order valence-electron chi connectivity index (χ1n) is 9.01. The fraction of sp³-hybridized carbons (Fsp3) is 0.300. The number of hydrogen-bond donors (Lipinski definition) is 2. The van der Waals surface area contributed by atoms with E-state index in [1.807, 2.05) is 0 Å². The molecular weight excluding hydrogens is 456 g/mol. The molecule has 0 heterocycles. The van der Waals surface area contributed by atoms with Crippen LogP contribution in [0.25, 0.3) is 0 Å². The number of nitrogens with zero attached hydrogens (tertiary/aromatic N) is 1. The highest BCUT2D eigenvalue weighted by Crippen LogP contribution is 2.33. The van der Waals surface area contributed by atoms with Gasteiger partial charge in [-0.3, -0.25) is 9.87 Å². The fourth-order valence-corrected chi connectivity index (χ4v) is 3.17. The van der Waals surface area contributed by atoms with Crippen LogP contribution in [0.5, 0.6) is 0 Å². The van der Waals surface area contributed by atoms with Crippen LogP contribution in [0.3, 0.4) is 0 Å². The standard InChI is InChI=1S/C20H20F4N2O5S/c1-11-5-8-16(32(28,29)30)15(9-11)25-17(20(22,23)24)13-10-12(21)6-7-14(13)26-18(27)31-19(2,3)4/h5-10H,1-4H3,(H,26,27)(H,28,29,30)/b25-17-. The molecule has 32 heavy (non-hydrogen) atoms. The zero-order valence-corrected chi connectivity index (χ0v) is 18.2. The maximum Gasteiger partial charge on any atom is 0.434 e. The monoisotopic (exact) mass is 476 g/mol. The maximum atomic E-state index is 13.9. The van der Waals surface area contributed by atoms with Gasteiger partial charge in [-0.1, -0.05) is 6.07 Å². The van der Waals surface area contributed by atoms with Gasteiger partial charge in [-0.15, -0.1) is 0 Å². The summed E-state index contributed by atoms with van der Waals surface area (Å²) in [6.45, 7) is 6.08. The summed E-state index contributed by atoms with van der Waals surface area (Å²) < 4.78 is 93.2. The number of anilines is 1. The number of rotatable bonds is 4. The first kappa shape index (κ1) is 25.3. The Morgan fingerprint density at radius 3 is 2.25 bits per heavy atom. The summed E-state index contributed by atoms with van der Waals surface area (Å²) in [6, 6.07) is 5.35. The van der Waals surface area contributed by atoms with Crippen molar-refractivity contribution in [1.29, 1.82) is 0 Å². The molecule has 1 amide bonds. The predicted molar refractivity (Wildman–Crippen MR) is 110 cm³/mol. The summed E-state index contributed by atoms with van der Waals surface area (Å²) in [5.74, 6) is -1.06. The van der Waals surface area contributed by atoms with Crippen molar-refractivity contribution in [3.8, 4) is 0 Å². The molecule has 0 aliphatic carbocycles. The number of halogens is 4. The third kappa shape index (κ3) is 6.76. The third-order valence-corrected chi connectivity index (χ3v) is 4.67. The van der Waals surface area contributed by atoms with Crippen molar-refractivity contribution in [3.05, 3.63) is 53.3 Å². The second kappa shape index (κ2) is 8.87. The van der Waals surface area contributed by atoms with E-state index in [-0.39, 0.29) is 0 Å². The van der Waals surface area contributed by atoms with E-state index in [9.17, 15) is 35.3 Å². The summed E-state index contributed by atoms with van der Waals surface area (Å²) in [7, 11) is -4.92. The molecule has 0 saturated carbocycles. The largest absolute Gasteiger partial charge is 0.444 e. The average Bonchev–Trinajstić information content (AvgIpc) is 2.57. The van der Waals surface area contributed by atoms with Crippen LogP contribution in [0.15, 0.2) is 46.3 Å². The van der Waals surface area contributed by atoms with Gasteiger partial charge < -0.3 is 4.74 Å². The van der Waals surface area contributed by atoms with Crippen molar-refractivity contribution in [3.63, 3.8) is 0 Å². The highest BCUT2D eigenvalue weighted by molar-refractivity contribution is 7.86. The summed E-state index contributed by atoms with van der Waals surface area (Å²) in [5.41, 5.74) is -4.37. The molecule has 0 saturated heterocycles. The van der Waals surface area contributed by atoms with Gasteiger partial charge in [0.2, 0.25) is 0 Å². The second-order valence-corrected chi connectivity index (χ2v) is 9.11. The third-order valence-electron chi connectivity index (χ3n) is 3.77. The first-order valence-corrected chi connectivity index (χ1v) is 10.5. The molecule has 2 rings (SSSR count). The quantitative estimate of drug-likeness (QED) is 0.349. The number of amides is 1. The van der Waals surface area contributed by atoms with Gasteiger partial charge in [0.05, 0.1) is 11.4 Å². The molecule has 0 radical (unpaired) electrons. The number of aliphatic imine (C=N–C) groups is 1. The predicted octanol–water partition coefficient (Wildman–Crippen LogP) is 5.41. The Bertz CT molecular complexity index is 1170. The molecule has 2 N–H and O–H groups in total. The molecule has 0 atom stereocenters. The Morgan fingerprint density at radius 1 is 1.09 bits per heavy atom. The van der Waals surface area contributed by atoms with Crippen LogP contribution in [0.2, 0.25) is 0 Å². The van der Waals surface area contributed by atoms with Crippen molar-refractivity contribution in [2.45, 2.75) is 44.4 Å². The van der Waals surface area contributed by atoms with E-state index in [0.717, 1.165) is 24.3 Å². The normalized spacial score (nSPS) is 13.1. The lowest BCUT2D eigenvalue weighted by Gasteiger charge is -2.21. The zero-order chi connectivity index (χ0) is 24.5. The van der Waals surface area contributed by atoms with E-state index >= 15 is 0 Å². The minimum Gasteiger partial charge on any atom is -0.444 e. The highest BCUT2D eigenvalue weighted by atomic mass is 32.2. The second-order valence-electron chi connectivity index (χ2n) is 7.72. The summed E-state index contributed by atoms with van der Waals surface area (Å²) in [6.07, 6.45) is -6.29. The molecule has 2 aromatic rings. The molecule has 0 aliphatic heterocycles. The number of hydrogen-bond acceptors (Lipinski definition) is 5. The fourth-order valence-electron chi connectivity index (χ4n) is 2.56. The van der Waals surface area contributed by atoms with Crippen LogP contribution in [-0.4, -0.2) is 36.6 Å². The van der Waals surface area contributed by atoms with Crippen molar-refractivity contribution in [1.82, 2.24) is 0 Å². The van der Waals surface area contributed by atoms with Crippen LogP contribution in [0, 0.1) is 12.7 Å². The number of alkyl halides is 3. The minimum atomic E-state index is -5.20. The van der Waals surface area contributed by atoms with Crippen molar-refractivity contribution >= 4 is 33.3 Å². The average molecular weight is 476 g/mol. The molecule has 2 aromatic carbocycles. The van der Waals surface area contributed by atoms with Crippen molar-refractivity contribution in [2.75, 3.05) is 5.32 Å². The Labute approximate surface area is 181 Å². The Hall–Kier alpha value is -2.99.